The van der Waals surface area contributed by atoms with E-state index in [1.165, 1.54) is 32.4 Å². The quantitative estimate of drug-likeness (QED) is 0.522. The first-order chi connectivity index (χ1) is 13.8. The van der Waals surface area contributed by atoms with Crippen molar-refractivity contribution in [2.24, 2.45) is 0 Å². The van der Waals surface area contributed by atoms with E-state index in [4.69, 9.17) is 14.2 Å². The van der Waals surface area contributed by atoms with Gasteiger partial charge in [-0.2, -0.15) is 0 Å². The van der Waals surface area contributed by atoms with Crippen LogP contribution < -0.4 is 14.2 Å². The highest BCUT2D eigenvalue weighted by molar-refractivity contribution is 5.34. The van der Waals surface area contributed by atoms with Gasteiger partial charge in [-0.15, -0.1) is 0 Å². The van der Waals surface area contributed by atoms with Crippen LogP contribution in [0.2, 0.25) is 0 Å². The number of ether oxygens (including phenoxy) is 3. The Bertz CT molecular complexity index is 695. The number of hydrogen-bond donors (Lipinski definition) is 0. The van der Waals surface area contributed by atoms with Gasteiger partial charge in [0.1, 0.15) is 23.4 Å². The second-order valence-electron chi connectivity index (χ2n) is 7.25. The average Bonchev–Trinajstić information content (AvgIpc) is 2.76. The summed E-state index contributed by atoms with van der Waals surface area (Å²) in [6.07, 6.45) is 5.69. The van der Waals surface area contributed by atoms with Crippen molar-refractivity contribution in [1.82, 2.24) is 4.90 Å². The highest BCUT2D eigenvalue weighted by atomic mass is 16.5. The zero-order valence-corrected chi connectivity index (χ0v) is 16.9. The smallest absolute Gasteiger partial charge is 0.124 e. The van der Waals surface area contributed by atoms with Crippen molar-refractivity contribution in [3.63, 3.8) is 0 Å². The molecule has 1 unspecified atom stereocenters. The van der Waals surface area contributed by atoms with E-state index in [2.05, 4.69) is 24.0 Å². The minimum absolute atomic E-state index is 0.0970. The van der Waals surface area contributed by atoms with Crippen LogP contribution in [0.4, 0.5) is 0 Å². The topological polar surface area (TPSA) is 30.9 Å². The summed E-state index contributed by atoms with van der Waals surface area (Å²) >= 11 is 0. The van der Waals surface area contributed by atoms with Gasteiger partial charge in [0.25, 0.3) is 0 Å². The Morgan fingerprint density at radius 3 is 2.43 bits per heavy atom. The summed E-state index contributed by atoms with van der Waals surface area (Å²) in [5.74, 6) is 2.48. The summed E-state index contributed by atoms with van der Waals surface area (Å²) in [7, 11) is 1.66. The van der Waals surface area contributed by atoms with Crippen LogP contribution in [0.5, 0.6) is 17.2 Å². The molecule has 0 N–H and O–H groups in total. The molecule has 0 aromatic heterocycles. The van der Waals surface area contributed by atoms with Crippen LogP contribution in [0, 0.1) is 6.92 Å². The molecule has 0 spiro atoms. The Kier molecular flexibility index (Phi) is 8.04. The fraction of sp³-hybridized carbons (Fsp3) is 0.458. The predicted octanol–water partition coefficient (Wildman–Crippen LogP) is 5.29. The molecule has 1 saturated heterocycles. The van der Waals surface area contributed by atoms with Gasteiger partial charge in [0.05, 0.1) is 13.7 Å². The van der Waals surface area contributed by atoms with Crippen LogP contribution in [-0.4, -0.2) is 38.3 Å². The van der Waals surface area contributed by atoms with E-state index in [0.29, 0.717) is 6.42 Å². The molecule has 151 valence electrons. The summed E-state index contributed by atoms with van der Waals surface area (Å²) in [5, 5.41) is 0. The maximum Gasteiger partial charge on any atom is 0.124 e. The number of benzene rings is 2. The molecule has 0 amide bonds. The van der Waals surface area contributed by atoms with Gasteiger partial charge >= 0.3 is 0 Å². The van der Waals surface area contributed by atoms with Crippen molar-refractivity contribution in [3.8, 4) is 17.2 Å². The van der Waals surface area contributed by atoms with Crippen LogP contribution in [0.1, 0.15) is 43.8 Å². The van der Waals surface area contributed by atoms with Crippen molar-refractivity contribution in [2.75, 3.05) is 33.4 Å². The third kappa shape index (κ3) is 6.16. The molecular weight excluding hydrogens is 350 g/mol. The van der Waals surface area contributed by atoms with Gasteiger partial charge in [-0.1, -0.05) is 24.6 Å². The standard InChI is InChI=1S/C24H32NO3/c1-3-24(28-23-10-7-9-22(19-23)26-2)20-11-13-21(14-12-20)27-18-8-17-25-15-5-4-6-16-25/h7,9-14,19,24H,1,3-6,8,15-18H2,2H3. The number of methoxy groups -OCH3 is 1. The maximum atomic E-state index is 6.11. The zero-order valence-electron chi connectivity index (χ0n) is 16.9. The second kappa shape index (κ2) is 11.0. The Morgan fingerprint density at radius 1 is 0.964 bits per heavy atom. The minimum Gasteiger partial charge on any atom is -0.497 e. The van der Waals surface area contributed by atoms with Crippen molar-refractivity contribution < 1.29 is 14.2 Å². The molecule has 4 nitrogen and oxygen atoms in total. The molecule has 2 aromatic rings. The van der Waals surface area contributed by atoms with Crippen LogP contribution in [0.3, 0.4) is 0 Å². The van der Waals surface area contributed by atoms with Crippen molar-refractivity contribution in [1.29, 1.82) is 0 Å². The Balaban J connectivity index is 1.47. The van der Waals surface area contributed by atoms with Gasteiger partial charge in [0.2, 0.25) is 0 Å². The van der Waals surface area contributed by atoms with Crippen LogP contribution in [0.25, 0.3) is 0 Å². The summed E-state index contributed by atoms with van der Waals surface area (Å²) in [4.78, 5) is 2.55. The largest absolute Gasteiger partial charge is 0.497 e. The van der Waals surface area contributed by atoms with E-state index in [1.807, 2.05) is 36.4 Å². The highest BCUT2D eigenvalue weighted by Gasteiger charge is 2.12. The zero-order chi connectivity index (χ0) is 19.6. The lowest BCUT2D eigenvalue weighted by atomic mass is 10.1. The lowest BCUT2D eigenvalue weighted by Gasteiger charge is -2.26. The highest BCUT2D eigenvalue weighted by Crippen LogP contribution is 2.28. The SMILES string of the molecule is [CH2]CC(Oc1cccc(OC)c1)c1ccc(OCCCN2CCCCC2)cc1. The van der Waals surface area contributed by atoms with E-state index >= 15 is 0 Å². The molecule has 1 aliphatic rings. The lowest BCUT2D eigenvalue weighted by Crippen LogP contribution is -2.31. The number of piperidine rings is 1. The number of nitrogens with zero attached hydrogens (tertiary/aromatic N) is 1. The average molecular weight is 383 g/mol. The second-order valence-corrected chi connectivity index (χ2v) is 7.25. The lowest BCUT2D eigenvalue weighted by molar-refractivity contribution is 0.204. The molecule has 1 radical (unpaired) electrons. The predicted molar refractivity (Wildman–Crippen MR) is 113 cm³/mol. The Hall–Kier alpha value is -2.20. The van der Waals surface area contributed by atoms with Crippen LogP contribution >= 0.6 is 0 Å². The summed E-state index contributed by atoms with van der Waals surface area (Å²) in [5.41, 5.74) is 1.10. The first-order valence-electron chi connectivity index (χ1n) is 10.3. The monoisotopic (exact) mass is 382 g/mol. The fourth-order valence-electron chi connectivity index (χ4n) is 3.57. The maximum absolute atomic E-state index is 6.11. The number of rotatable bonds is 10. The van der Waals surface area contributed by atoms with Gasteiger partial charge < -0.3 is 19.1 Å². The molecule has 0 aliphatic carbocycles. The number of hydrogen-bond acceptors (Lipinski definition) is 4. The molecule has 3 rings (SSSR count). The molecule has 28 heavy (non-hydrogen) atoms. The van der Waals surface area contributed by atoms with Crippen molar-refractivity contribution >= 4 is 0 Å². The first-order valence-corrected chi connectivity index (χ1v) is 10.3. The molecule has 1 aliphatic heterocycles. The van der Waals surface area contributed by atoms with E-state index in [1.54, 1.807) is 7.11 Å². The van der Waals surface area contributed by atoms with E-state index in [-0.39, 0.29) is 6.10 Å². The molecule has 0 saturated carbocycles. The van der Waals surface area contributed by atoms with E-state index in [9.17, 15) is 0 Å². The molecule has 1 fully saturated rings. The summed E-state index contributed by atoms with van der Waals surface area (Å²) < 4.78 is 17.3. The van der Waals surface area contributed by atoms with Gasteiger partial charge in [0, 0.05) is 12.6 Å². The van der Waals surface area contributed by atoms with Crippen LogP contribution in [-0.2, 0) is 0 Å². The molecule has 4 heteroatoms. The molecule has 0 bridgehead atoms. The van der Waals surface area contributed by atoms with Gasteiger partial charge in [-0.25, -0.2) is 0 Å². The molecular formula is C24H32NO3. The third-order valence-electron chi connectivity index (χ3n) is 5.17. The summed E-state index contributed by atoms with van der Waals surface area (Å²) in [6, 6.07) is 15.8. The third-order valence-corrected chi connectivity index (χ3v) is 5.17. The normalized spacial score (nSPS) is 15.8. The minimum atomic E-state index is -0.0970. The van der Waals surface area contributed by atoms with E-state index in [0.717, 1.165) is 42.4 Å². The van der Waals surface area contributed by atoms with Crippen molar-refractivity contribution in [2.45, 2.75) is 38.2 Å². The summed E-state index contributed by atoms with van der Waals surface area (Å²) in [6.45, 7) is 8.42. The Morgan fingerprint density at radius 2 is 1.71 bits per heavy atom. The van der Waals surface area contributed by atoms with Crippen LogP contribution in [0.15, 0.2) is 48.5 Å². The first kappa shape index (κ1) is 20.5. The van der Waals surface area contributed by atoms with Crippen molar-refractivity contribution in [3.05, 3.63) is 61.0 Å². The van der Waals surface area contributed by atoms with E-state index < -0.39 is 0 Å². The van der Waals surface area contributed by atoms with Gasteiger partial charge in [-0.05, 0) is 75.5 Å². The Labute approximate surface area is 169 Å². The van der Waals surface area contributed by atoms with Gasteiger partial charge in [-0.3, -0.25) is 0 Å². The molecule has 2 aromatic carbocycles. The number of likely N-dealkylation sites (tertiary alicyclic amines) is 1. The van der Waals surface area contributed by atoms with Gasteiger partial charge in [0.15, 0.2) is 0 Å². The fourth-order valence-corrected chi connectivity index (χ4v) is 3.57. The molecule has 1 heterocycles. The molecule has 1 atom stereocenters.